The maximum atomic E-state index is 11.9. The Kier molecular flexibility index (Phi) is 7.90. The second-order valence-electron chi connectivity index (χ2n) is 5.71. The molecule has 0 saturated carbocycles. The van der Waals surface area contributed by atoms with E-state index in [-0.39, 0.29) is 11.7 Å². The monoisotopic (exact) mass is 448 g/mol. The minimum atomic E-state index is -0.211. The van der Waals surface area contributed by atoms with Crippen molar-refractivity contribution in [2.75, 3.05) is 5.75 Å². The van der Waals surface area contributed by atoms with E-state index >= 15 is 0 Å². The highest BCUT2D eigenvalue weighted by atomic mass is 35.5. The van der Waals surface area contributed by atoms with Gasteiger partial charge in [-0.2, -0.15) is 5.10 Å². The van der Waals surface area contributed by atoms with Gasteiger partial charge in [0.05, 0.1) is 12.0 Å². The number of hydrogen-bond donors (Lipinski definition) is 1. The van der Waals surface area contributed by atoms with E-state index in [2.05, 4.69) is 51.9 Å². The molecule has 5 nitrogen and oxygen atoms in total. The summed E-state index contributed by atoms with van der Waals surface area (Å²) in [4.78, 5) is 11.9. The molecule has 144 valence electrons. The Morgan fingerprint density at radius 1 is 1.14 bits per heavy atom. The summed E-state index contributed by atoms with van der Waals surface area (Å²) in [5.41, 5.74) is 5.73. The number of rotatable bonds is 8. The molecule has 0 aliphatic carbocycles. The zero-order valence-electron chi connectivity index (χ0n) is 15.0. The minimum absolute atomic E-state index is 0.211. The molecule has 3 aromatic rings. The van der Waals surface area contributed by atoms with Gasteiger partial charge in [-0.3, -0.25) is 4.79 Å². The summed E-state index contributed by atoms with van der Waals surface area (Å²) in [5, 5.41) is 12.8. The van der Waals surface area contributed by atoms with Crippen LogP contribution in [0.15, 0.2) is 62.3 Å². The molecular weight excluding hydrogens is 432 g/mol. The Hall–Kier alpha value is -1.87. The van der Waals surface area contributed by atoms with Gasteiger partial charge < -0.3 is 0 Å². The lowest BCUT2D eigenvalue weighted by Crippen LogP contribution is -2.19. The maximum absolute atomic E-state index is 11.9. The third-order valence-electron chi connectivity index (χ3n) is 3.50. The third-order valence-corrected chi connectivity index (χ3v) is 7.10. The average molecular weight is 449 g/mol. The zero-order valence-corrected chi connectivity index (χ0v) is 18.2. The smallest absolute Gasteiger partial charge is 0.250 e. The molecule has 9 heteroatoms. The highest BCUT2D eigenvalue weighted by molar-refractivity contribution is 8.03. The van der Waals surface area contributed by atoms with Crippen LogP contribution in [0.3, 0.4) is 0 Å². The van der Waals surface area contributed by atoms with Crippen LogP contribution in [0, 0.1) is 6.92 Å². The molecule has 3 rings (SSSR count). The van der Waals surface area contributed by atoms with Crippen LogP contribution in [0.1, 0.15) is 16.7 Å². The normalized spacial score (nSPS) is 11.1. The summed E-state index contributed by atoms with van der Waals surface area (Å²) >= 11 is 10.5. The fraction of sp³-hybridized carbons (Fsp3) is 0.158. The quantitative estimate of drug-likeness (QED) is 0.297. The molecule has 1 N–H and O–H groups in total. The van der Waals surface area contributed by atoms with Gasteiger partial charge in [0.2, 0.25) is 0 Å². The van der Waals surface area contributed by atoms with Crippen LogP contribution in [0.4, 0.5) is 0 Å². The third kappa shape index (κ3) is 6.63. The summed E-state index contributed by atoms with van der Waals surface area (Å²) in [6, 6.07) is 15.7. The lowest BCUT2D eigenvalue weighted by molar-refractivity contribution is -0.118. The standard InChI is InChI=1S/C19H17ClN4OS3/c1-13-6-8-14(9-7-13)11-26-18-23-24-19(28-18)27-12-17(25)22-21-10-15-4-2-3-5-16(15)20/h2-10H,11-12H2,1H3,(H,22,25). The van der Waals surface area contributed by atoms with Crippen molar-refractivity contribution >= 4 is 58.6 Å². The summed E-state index contributed by atoms with van der Waals surface area (Å²) in [5.74, 6) is 0.853. The summed E-state index contributed by atoms with van der Waals surface area (Å²) in [6.07, 6.45) is 1.52. The first-order valence-corrected chi connectivity index (χ1v) is 11.5. The highest BCUT2D eigenvalue weighted by Gasteiger charge is 2.08. The highest BCUT2D eigenvalue weighted by Crippen LogP contribution is 2.30. The maximum Gasteiger partial charge on any atom is 0.250 e. The second-order valence-corrected chi connectivity index (χ2v) is 9.54. The van der Waals surface area contributed by atoms with Crippen molar-refractivity contribution < 1.29 is 4.79 Å². The number of carbonyl (C=O) groups is 1. The van der Waals surface area contributed by atoms with Crippen LogP contribution in [0.5, 0.6) is 0 Å². The predicted octanol–water partition coefficient (Wildman–Crippen LogP) is 5.03. The van der Waals surface area contributed by atoms with E-state index in [1.807, 2.05) is 18.2 Å². The van der Waals surface area contributed by atoms with Crippen molar-refractivity contribution in [1.29, 1.82) is 0 Å². The summed E-state index contributed by atoms with van der Waals surface area (Å²) < 4.78 is 1.65. The first kappa shape index (κ1) is 20.9. The molecule has 1 heterocycles. The second kappa shape index (κ2) is 10.6. The molecule has 0 spiro atoms. The van der Waals surface area contributed by atoms with E-state index in [4.69, 9.17) is 11.6 Å². The number of hydrazone groups is 1. The van der Waals surface area contributed by atoms with Crippen molar-refractivity contribution in [3.8, 4) is 0 Å². The lowest BCUT2D eigenvalue weighted by atomic mass is 10.2. The van der Waals surface area contributed by atoms with Gasteiger partial charge in [-0.25, -0.2) is 5.43 Å². The van der Waals surface area contributed by atoms with Crippen molar-refractivity contribution in [2.45, 2.75) is 21.4 Å². The first-order valence-electron chi connectivity index (χ1n) is 8.31. The van der Waals surface area contributed by atoms with Gasteiger partial charge in [0.25, 0.3) is 5.91 Å². The number of nitrogens with zero attached hydrogens (tertiary/aromatic N) is 3. The van der Waals surface area contributed by atoms with E-state index in [9.17, 15) is 4.79 Å². The van der Waals surface area contributed by atoms with E-state index in [0.29, 0.717) is 5.02 Å². The van der Waals surface area contributed by atoms with E-state index in [1.165, 1.54) is 40.4 Å². The molecule has 1 amide bonds. The van der Waals surface area contributed by atoms with Gasteiger partial charge in [-0.15, -0.1) is 10.2 Å². The summed E-state index contributed by atoms with van der Waals surface area (Å²) in [6.45, 7) is 2.07. The Balaban J connectivity index is 1.41. The number of halogens is 1. The molecule has 0 aliphatic rings. The molecule has 0 aliphatic heterocycles. The van der Waals surface area contributed by atoms with Crippen LogP contribution in [-0.2, 0) is 10.5 Å². The van der Waals surface area contributed by atoms with Crippen molar-refractivity contribution in [1.82, 2.24) is 15.6 Å². The van der Waals surface area contributed by atoms with Gasteiger partial charge in [0, 0.05) is 16.3 Å². The number of benzene rings is 2. The fourth-order valence-corrected chi connectivity index (χ4v) is 5.01. The Labute approximate surface area is 181 Å². The van der Waals surface area contributed by atoms with E-state index < -0.39 is 0 Å². The minimum Gasteiger partial charge on any atom is -0.272 e. The number of thioether (sulfide) groups is 2. The molecule has 0 fully saturated rings. The van der Waals surface area contributed by atoms with Crippen LogP contribution in [-0.4, -0.2) is 28.1 Å². The molecule has 0 saturated heterocycles. The lowest BCUT2D eigenvalue weighted by Gasteiger charge is -1.99. The number of amides is 1. The fourth-order valence-electron chi connectivity index (χ4n) is 2.06. The molecule has 0 atom stereocenters. The van der Waals surface area contributed by atoms with Gasteiger partial charge in [-0.05, 0) is 18.6 Å². The largest absolute Gasteiger partial charge is 0.272 e. The number of aromatic nitrogens is 2. The summed E-state index contributed by atoms with van der Waals surface area (Å²) in [7, 11) is 0. The van der Waals surface area contributed by atoms with Crippen molar-refractivity contribution in [3.63, 3.8) is 0 Å². The predicted molar refractivity (Wildman–Crippen MR) is 119 cm³/mol. The first-order chi connectivity index (χ1) is 13.6. The Bertz CT molecular complexity index is 960. The molecule has 2 aromatic carbocycles. The number of aryl methyl sites for hydroxylation is 1. The number of nitrogens with one attached hydrogen (secondary N) is 1. The molecule has 1 aromatic heterocycles. The van der Waals surface area contributed by atoms with Gasteiger partial charge in [0.15, 0.2) is 8.68 Å². The molecule has 0 radical (unpaired) electrons. The number of carbonyl (C=O) groups excluding carboxylic acids is 1. The van der Waals surface area contributed by atoms with E-state index in [0.717, 1.165) is 20.0 Å². The van der Waals surface area contributed by atoms with Crippen LogP contribution in [0.2, 0.25) is 5.02 Å². The molecule has 0 bridgehead atoms. The van der Waals surface area contributed by atoms with Crippen molar-refractivity contribution in [3.05, 3.63) is 70.2 Å². The van der Waals surface area contributed by atoms with Crippen LogP contribution in [0.25, 0.3) is 0 Å². The van der Waals surface area contributed by atoms with E-state index in [1.54, 1.807) is 17.8 Å². The van der Waals surface area contributed by atoms with Crippen molar-refractivity contribution in [2.24, 2.45) is 5.10 Å². The Morgan fingerprint density at radius 3 is 2.61 bits per heavy atom. The van der Waals surface area contributed by atoms with Crippen LogP contribution < -0.4 is 5.43 Å². The molecular formula is C19H17ClN4OS3. The van der Waals surface area contributed by atoms with Gasteiger partial charge in [0.1, 0.15) is 0 Å². The SMILES string of the molecule is Cc1ccc(CSc2nnc(SCC(=O)NN=Cc3ccccc3Cl)s2)cc1. The van der Waals surface area contributed by atoms with Crippen LogP contribution >= 0.6 is 46.5 Å². The zero-order chi connectivity index (χ0) is 19.8. The molecule has 28 heavy (non-hydrogen) atoms. The average Bonchev–Trinajstić information content (AvgIpc) is 3.15. The number of hydrogen-bond acceptors (Lipinski definition) is 7. The Morgan fingerprint density at radius 2 is 1.86 bits per heavy atom. The van der Waals surface area contributed by atoms with Gasteiger partial charge in [-0.1, -0.05) is 94.5 Å². The topological polar surface area (TPSA) is 67.2 Å². The van der Waals surface area contributed by atoms with Gasteiger partial charge >= 0.3 is 0 Å². The molecule has 0 unspecified atom stereocenters.